The molecule has 1 saturated carbocycles. The predicted molar refractivity (Wildman–Crippen MR) is 110 cm³/mol. The molecule has 5 nitrogen and oxygen atoms in total. The van der Waals surface area contributed by atoms with Gasteiger partial charge in [-0.3, -0.25) is 0 Å². The van der Waals surface area contributed by atoms with Crippen LogP contribution < -0.4 is 0 Å². The number of hydrogen-bond donors (Lipinski definition) is 1. The Hall–Kier alpha value is -1.98. The van der Waals surface area contributed by atoms with Crippen LogP contribution in [0.15, 0.2) is 28.3 Å². The first-order valence-corrected chi connectivity index (χ1v) is 10.3. The van der Waals surface area contributed by atoms with Crippen LogP contribution in [0.25, 0.3) is 17.3 Å². The lowest BCUT2D eigenvalue weighted by Gasteiger charge is -2.30. The Morgan fingerprint density at radius 1 is 1.21 bits per heavy atom. The number of benzene rings is 1. The minimum absolute atomic E-state index is 0.340. The quantitative estimate of drug-likeness (QED) is 0.628. The topological polar surface area (TPSA) is 66.6 Å². The van der Waals surface area contributed by atoms with Crippen molar-refractivity contribution < 1.29 is 14.4 Å². The largest absolute Gasteiger partial charge is 0.465 e. The molecule has 28 heavy (non-hydrogen) atoms. The van der Waals surface area contributed by atoms with Gasteiger partial charge < -0.3 is 14.5 Å². The van der Waals surface area contributed by atoms with Gasteiger partial charge in [-0.25, -0.2) is 4.79 Å². The first-order chi connectivity index (χ1) is 13.5. The molecule has 1 aliphatic carbocycles. The van der Waals surface area contributed by atoms with Crippen LogP contribution in [0.2, 0.25) is 10.0 Å². The van der Waals surface area contributed by atoms with Crippen molar-refractivity contribution in [3.8, 4) is 11.3 Å². The van der Waals surface area contributed by atoms with E-state index in [0.29, 0.717) is 46.2 Å². The SMILES string of the molecule is CC(=Cc1c(-c2c(Cl)cccc2Cl)noc1C1CC1)C1CCN(C(=O)O)CC1. The van der Waals surface area contributed by atoms with Gasteiger partial charge >= 0.3 is 6.09 Å². The van der Waals surface area contributed by atoms with Gasteiger partial charge in [0.2, 0.25) is 0 Å². The fraction of sp³-hybridized carbons (Fsp3) is 0.429. The van der Waals surface area contributed by atoms with Crippen molar-refractivity contribution in [1.29, 1.82) is 0 Å². The number of amides is 1. The summed E-state index contributed by atoms with van der Waals surface area (Å²) in [6.07, 6.45) is 5.14. The van der Waals surface area contributed by atoms with E-state index in [0.717, 1.165) is 37.0 Å². The van der Waals surface area contributed by atoms with Crippen LogP contribution in [-0.4, -0.2) is 34.3 Å². The Labute approximate surface area is 173 Å². The summed E-state index contributed by atoms with van der Waals surface area (Å²) in [7, 11) is 0. The van der Waals surface area contributed by atoms with Gasteiger partial charge in [0.1, 0.15) is 11.5 Å². The number of halogens is 2. The highest BCUT2D eigenvalue weighted by molar-refractivity contribution is 6.39. The summed E-state index contributed by atoms with van der Waals surface area (Å²) in [4.78, 5) is 12.6. The molecule has 2 aliphatic rings. The first-order valence-electron chi connectivity index (χ1n) is 9.55. The smallest absolute Gasteiger partial charge is 0.407 e. The summed E-state index contributed by atoms with van der Waals surface area (Å²) in [6.45, 7) is 3.23. The monoisotopic (exact) mass is 420 g/mol. The average Bonchev–Trinajstić information content (AvgIpc) is 3.44. The first kappa shape index (κ1) is 19.3. The Bertz CT molecular complexity index is 905. The zero-order chi connectivity index (χ0) is 19.8. The van der Waals surface area contributed by atoms with Crippen molar-refractivity contribution in [1.82, 2.24) is 10.1 Å². The number of piperidine rings is 1. The Morgan fingerprint density at radius 3 is 2.43 bits per heavy atom. The van der Waals surface area contributed by atoms with Crippen LogP contribution in [0.4, 0.5) is 4.79 Å². The van der Waals surface area contributed by atoms with Crippen molar-refractivity contribution in [3.05, 3.63) is 45.1 Å². The molecule has 1 aromatic heterocycles. The summed E-state index contributed by atoms with van der Waals surface area (Å²) >= 11 is 12.8. The molecule has 1 saturated heterocycles. The second-order valence-electron chi connectivity index (χ2n) is 7.61. The van der Waals surface area contributed by atoms with E-state index in [-0.39, 0.29) is 0 Å². The summed E-state index contributed by atoms with van der Waals surface area (Å²) in [5, 5.41) is 14.6. The maximum atomic E-state index is 11.1. The van der Waals surface area contributed by atoms with Crippen LogP contribution in [0.3, 0.4) is 0 Å². The molecule has 1 aliphatic heterocycles. The van der Waals surface area contributed by atoms with Gasteiger partial charge in [0.25, 0.3) is 0 Å². The average molecular weight is 421 g/mol. The van der Waals surface area contributed by atoms with E-state index in [2.05, 4.69) is 18.2 Å². The van der Waals surface area contributed by atoms with Crippen molar-refractivity contribution >= 4 is 35.4 Å². The van der Waals surface area contributed by atoms with Crippen molar-refractivity contribution in [2.24, 2.45) is 5.92 Å². The summed E-state index contributed by atoms with van der Waals surface area (Å²) < 4.78 is 5.72. The number of hydrogen-bond acceptors (Lipinski definition) is 3. The van der Waals surface area contributed by atoms with Gasteiger partial charge in [0, 0.05) is 30.1 Å². The van der Waals surface area contributed by atoms with Gasteiger partial charge in [0.15, 0.2) is 0 Å². The van der Waals surface area contributed by atoms with Crippen molar-refractivity contribution in [2.45, 2.75) is 38.5 Å². The number of aromatic nitrogens is 1. The maximum Gasteiger partial charge on any atom is 0.407 e. The van der Waals surface area contributed by atoms with Crippen LogP contribution >= 0.6 is 23.2 Å². The zero-order valence-electron chi connectivity index (χ0n) is 15.6. The minimum atomic E-state index is -0.842. The zero-order valence-corrected chi connectivity index (χ0v) is 17.1. The second-order valence-corrected chi connectivity index (χ2v) is 8.43. The number of carbonyl (C=O) groups is 1. The minimum Gasteiger partial charge on any atom is -0.465 e. The Morgan fingerprint density at radius 2 is 1.86 bits per heavy atom. The maximum absolute atomic E-state index is 11.1. The van der Waals surface area contributed by atoms with Crippen LogP contribution in [0.5, 0.6) is 0 Å². The standard InChI is InChI=1S/C21H22Cl2N2O3/c1-12(13-7-9-25(10-8-13)21(26)27)11-15-19(24-28-20(15)14-5-6-14)18-16(22)3-2-4-17(18)23/h2-4,11,13-14H,5-10H2,1H3,(H,26,27). The number of allylic oxidation sites excluding steroid dienone is 1. The van der Waals surface area contributed by atoms with Crippen LogP contribution in [0.1, 0.15) is 49.8 Å². The molecule has 0 bridgehead atoms. The van der Waals surface area contributed by atoms with Crippen molar-refractivity contribution in [2.75, 3.05) is 13.1 Å². The third-order valence-electron chi connectivity index (χ3n) is 5.69. The molecular formula is C21H22Cl2N2O3. The molecule has 1 N–H and O–H groups in total. The molecule has 2 fully saturated rings. The highest BCUT2D eigenvalue weighted by Gasteiger charge is 2.33. The molecule has 7 heteroatoms. The van der Waals surface area contributed by atoms with Gasteiger partial charge in [-0.15, -0.1) is 0 Å². The molecule has 2 heterocycles. The van der Waals surface area contributed by atoms with Crippen molar-refractivity contribution in [3.63, 3.8) is 0 Å². The van der Waals surface area contributed by atoms with Gasteiger partial charge in [0.05, 0.1) is 10.0 Å². The van der Waals surface area contributed by atoms with E-state index >= 15 is 0 Å². The van der Waals surface area contributed by atoms with E-state index in [1.807, 2.05) is 6.07 Å². The summed E-state index contributed by atoms with van der Waals surface area (Å²) in [5.74, 6) is 1.64. The third-order valence-corrected chi connectivity index (χ3v) is 6.31. The van der Waals surface area contributed by atoms with Gasteiger partial charge in [-0.1, -0.05) is 40.0 Å². The normalized spacial score (nSPS) is 18.5. The highest BCUT2D eigenvalue weighted by Crippen LogP contribution is 2.46. The lowest BCUT2D eigenvalue weighted by molar-refractivity contribution is 0.128. The molecule has 0 unspecified atom stereocenters. The molecule has 0 atom stereocenters. The summed E-state index contributed by atoms with van der Waals surface area (Å²) in [6, 6.07) is 5.42. The molecule has 148 valence electrons. The lowest BCUT2D eigenvalue weighted by atomic mass is 9.88. The van der Waals surface area contributed by atoms with Crippen LogP contribution in [0, 0.1) is 5.92 Å². The second kappa shape index (κ2) is 7.80. The molecule has 1 aromatic carbocycles. The molecule has 4 rings (SSSR count). The van der Waals surface area contributed by atoms with E-state index in [4.69, 9.17) is 32.8 Å². The Kier molecular flexibility index (Phi) is 5.39. The number of likely N-dealkylation sites (tertiary alicyclic amines) is 1. The molecule has 0 radical (unpaired) electrons. The fourth-order valence-corrected chi connectivity index (χ4v) is 4.44. The van der Waals surface area contributed by atoms with Crippen LogP contribution in [-0.2, 0) is 0 Å². The van der Waals surface area contributed by atoms with E-state index < -0.39 is 6.09 Å². The van der Waals surface area contributed by atoms with Gasteiger partial charge in [-0.05, 0) is 56.7 Å². The lowest BCUT2D eigenvalue weighted by Crippen LogP contribution is -2.37. The number of rotatable bonds is 4. The number of nitrogens with zero attached hydrogens (tertiary/aromatic N) is 2. The highest BCUT2D eigenvalue weighted by atomic mass is 35.5. The molecule has 0 spiro atoms. The van der Waals surface area contributed by atoms with E-state index in [1.165, 1.54) is 10.5 Å². The predicted octanol–water partition coefficient (Wildman–Crippen LogP) is 6.32. The van der Waals surface area contributed by atoms with E-state index in [9.17, 15) is 4.79 Å². The molecule has 1 amide bonds. The number of carboxylic acid groups (broad SMARTS) is 1. The fourth-order valence-electron chi connectivity index (χ4n) is 3.87. The van der Waals surface area contributed by atoms with Gasteiger partial charge in [-0.2, -0.15) is 0 Å². The third kappa shape index (κ3) is 3.78. The summed E-state index contributed by atoms with van der Waals surface area (Å²) in [5.41, 5.74) is 3.54. The molecule has 2 aromatic rings. The molecular weight excluding hydrogens is 399 g/mol. The van der Waals surface area contributed by atoms with E-state index in [1.54, 1.807) is 12.1 Å². The Balaban J connectivity index is 1.68.